The van der Waals surface area contributed by atoms with Gasteiger partial charge in [-0.3, -0.25) is 9.36 Å². The molecule has 1 unspecified atom stereocenters. The molecule has 1 aliphatic heterocycles. The molecule has 5 heteroatoms. The first-order valence-corrected chi connectivity index (χ1v) is 7.15. The zero-order valence-electron chi connectivity index (χ0n) is 10.1. The maximum absolute atomic E-state index is 12.4. The van der Waals surface area contributed by atoms with Gasteiger partial charge in [0.15, 0.2) is 0 Å². The average Bonchev–Trinajstić information content (AvgIpc) is 2.84. The number of hydrogen-bond acceptors (Lipinski definition) is 3. The van der Waals surface area contributed by atoms with Gasteiger partial charge in [-0.2, -0.15) is 11.8 Å². The number of nitrogens with one attached hydrogen (secondary N) is 1. The van der Waals surface area contributed by atoms with Crippen molar-refractivity contribution in [2.45, 2.75) is 19.4 Å². The minimum Gasteiger partial charge on any atom is -0.307 e. The molecule has 1 aliphatic rings. The highest BCUT2D eigenvalue weighted by molar-refractivity contribution is 7.99. The van der Waals surface area contributed by atoms with E-state index in [-0.39, 0.29) is 17.3 Å². The summed E-state index contributed by atoms with van der Waals surface area (Å²) in [6.07, 6.45) is 0.894. The summed E-state index contributed by atoms with van der Waals surface area (Å²) >= 11 is 1.79. The summed E-state index contributed by atoms with van der Waals surface area (Å²) in [4.78, 5) is 27.2. The fraction of sp³-hybridized carbons (Fsp3) is 0.385. The second-order valence-corrected chi connectivity index (χ2v) is 5.82. The van der Waals surface area contributed by atoms with Crippen LogP contribution < -0.4 is 11.2 Å². The monoisotopic (exact) mass is 262 g/mol. The molecule has 0 amide bonds. The Morgan fingerprint density at radius 3 is 2.94 bits per heavy atom. The van der Waals surface area contributed by atoms with E-state index in [1.54, 1.807) is 17.8 Å². The predicted octanol–water partition coefficient (Wildman–Crippen LogP) is 1.68. The van der Waals surface area contributed by atoms with Crippen LogP contribution in [-0.2, 0) is 0 Å². The lowest BCUT2D eigenvalue weighted by molar-refractivity contribution is 0.519. The second kappa shape index (κ2) is 4.31. The van der Waals surface area contributed by atoms with Crippen LogP contribution in [0.2, 0.25) is 0 Å². The highest BCUT2D eigenvalue weighted by Crippen LogP contribution is 2.25. The fourth-order valence-electron chi connectivity index (χ4n) is 2.40. The van der Waals surface area contributed by atoms with Crippen molar-refractivity contribution >= 4 is 22.7 Å². The Kier molecular flexibility index (Phi) is 2.78. The number of nitrogens with zero attached hydrogens (tertiary/aromatic N) is 1. The highest BCUT2D eigenvalue weighted by Gasteiger charge is 2.21. The lowest BCUT2D eigenvalue weighted by Crippen LogP contribution is -2.38. The van der Waals surface area contributed by atoms with Crippen LogP contribution in [0.15, 0.2) is 27.8 Å². The molecule has 18 heavy (non-hydrogen) atoms. The van der Waals surface area contributed by atoms with Gasteiger partial charge in [0.2, 0.25) is 0 Å². The number of thioether (sulfide) groups is 1. The molecule has 1 aromatic carbocycles. The van der Waals surface area contributed by atoms with Gasteiger partial charge in [0.25, 0.3) is 5.56 Å². The molecule has 1 saturated heterocycles. The van der Waals surface area contributed by atoms with Gasteiger partial charge >= 0.3 is 5.69 Å². The van der Waals surface area contributed by atoms with Crippen LogP contribution in [0, 0.1) is 6.92 Å². The summed E-state index contributed by atoms with van der Waals surface area (Å²) in [7, 11) is 0. The molecule has 0 bridgehead atoms. The first kappa shape index (κ1) is 11.6. The Balaban J connectivity index is 2.32. The summed E-state index contributed by atoms with van der Waals surface area (Å²) in [5, 5.41) is 0.603. The minimum atomic E-state index is -0.288. The third kappa shape index (κ3) is 1.79. The third-order valence-corrected chi connectivity index (χ3v) is 4.50. The van der Waals surface area contributed by atoms with Crippen molar-refractivity contribution < 1.29 is 0 Å². The Hall–Kier alpha value is -1.49. The molecule has 1 N–H and O–H groups in total. The van der Waals surface area contributed by atoms with Gasteiger partial charge in [-0.05, 0) is 31.2 Å². The molecule has 4 nitrogen and oxygen atoms in total. The summed E-state index contributed by atoms with van der Waals surface area (Å²) in [6, 6.07) is 5.57. The van der Waals surface area contributed by atoms with Crippen LogP contribution >= 0.6 is 11.8 Å². The molecule has 0 saturated carbocycles. The lowest BCUT2D eigenvalue weighted by atomic mass is 10.1. The maximum Gasteiger partial charge on any atom is 0.329 e. The van der Waals surface area contributed by atoms with E-state index in [0.29, 0.717) is 10.9 Å². The predicted molar refractivity (Wildman–Crippen MR) is 74.5 cm³/mol. The number of aromatic amines is 1. The maximum atomic E-state index is 12.4. The Bertz CT molecular complexity index is 711. The average molecular weight is 262 g/mol. The number of benzene rings is 1. The molecular weight excluding hydrogens is 248 g/mol. The summed E-state index contributed by atoms with van der Waals surface area (Å²) in [5.74, 6) is 1.86. The summed E-state index contributed by atoms with van der Waals surface area (Å²) in [5.41, 5.74) is 1.20. The molecular formula is C13H14N2O2S. The number of hydrogen-bond donors (Lipinski definition) is 1. The van der Waals surface area contributed by atoms with Crippen LogP contribution in [0.4, 0.5) is 0 Å². The lowest BCUT2D eigenvalue weighted by Gasteiger charge is -2.12. The van der Waals surface area contributed by atoms with E-state index in [1.165, 1.54) is 4.57 Å². The molecule has 0 radical (unpaired) electrons. The van der Waals surface area contributed by atoms with Gasteiger partial charge in [0, 0.05) is 5.75 Å². The zero-order valence-corrected chi connectivity index (χ0v) is 10.9. The molecule has 1 fully saturated rings. The standard InChI is InChI=1S/C13H14N2O2S/c1-8-2-3-11-10(6-8)12(16)15(13(17)14-11)9-4-5-18-7-9/h2-3,6,9H,4-5,7H2,1H3,(H,14,17). The number of rotatable bonds is 1. The van der Waals surface area contributed by atoms with Crippen molar-refractivity contribution in [1.82, 2.24) is 9.55 Å². The first-order chi connectivity index (χ1) is 8.66. The van der Waals surface area contributed by atoms with E-state index < -0.39 is 0 Å². The van der Waals surface area contributed by atoms with Gasteiger partial charge in [0.05, 0.1) is 16.9 Å². The van der Waals surface area contributed by atoms with Crippen molar-refractivity contribution in [3.05, 3.63) is 44.6 Å². The van der Waals surface area contributed by atoms with Crippen LogP contribution in [0.3, 0.4) is 0 Å². The van der Waals surface area contributed by atoms with Gasteiger partial charge in [0.1, 0.15) is 0 Å². The molecule has 1 atom stereocenters. The molecule has 2 heterocycles. The van der Waals surface area contributed by atoms with Crippen molar-refractivity contribution in [2.24, 2.45) is 0 Å². The topological polar surface area (TPSA) is 54.9 Å². The van der Waals surface area contributed by atoms with Crippen molar-refractivity contribution in [3.8, 4) is 0 Å². The van der Waals surface area contributed by atoms with Gasteiger partial charge < -0.3 is 4.98 Å². The van der Waals surface area contributed by atoms with Gasteiger partial charge in [-0.1, -0.05) is 11.6 Å². The summed E-state index contributed by atoms with van der Waals surface area (Å²) in [6.45, 7) is 1.94. The Morgan fingerprint density at radius 1 is 1.39 bits per heavy atom. The fourth-order valence-corrected chi connectivity index (χ4v) is 3.59. The largest absolute Gasteiger partial charge is 0.329 e. The van der Waals surface area contributed by atoms with Crippen LogP contribution in [0.25, 0.3) is 10.9 Å². The minimum absolute atomic E-state index is 0.0381. The quantitative estimate of drug-likeness (QED) is 0.850. The number of fused-ring (bicyclic) bond motifs is 1. The van der Waals surface area contributed by atoms with Crippen molar-refractivity contribution in [3.63, 3.8) is 0 Å². The van der Waals surface area contributed by atoms with Gasteiger partial charge in [-0.25, -0.2) is 4.79 Å². The van der Waals surface area contributed by atoms with Crippen LogP contribution in [0.5, 0.6) is 0 Å². The Morgan fingerprint density at radius 2 is 2.22 bits per heavy atom. The normalized spacial score (nSPS) is 19.5. The number of H-pyrrole nitrogens is 1. The molecule has 1 aromatic heterocycles. The third-order valence-electron chi connectivity index (χ3n) is 3.36. The highest BCUT2D eigenvalue weighted by atomic mass is 32.2. The van der Waals surface area contributed by atoms with Crippen LogP contribution in [-0.4, -0.2) is 21.1 Å². The van der Waals surface area contributed by atoms with E-state index >= 15 is 0 Å². The number of aryl methyl sites for hydroxylation is 1. The van der Waals surface area contributed by atoms with Crippen molar-refractivity contribution in [1.29, 1.82) is 0 Å². The number of aromatic nitrogens is 2. The molecule has 94 valence electrons. The Labute approximate surface area is 108 Å². The summed E-state index contributed by atoms with van der Waals surface area (Å²) < 4.78 is 1.39. The molecule has 3 rings (SSSR count). The second-order valence-electron chi connectivity index (χ2n) is 4.67. The van der Waals surface area contributed by atoms with E-state index in [2.05, 4.69) is 4.98 Å². The van der Waals surface area contributed by atoms with E-state index in [1.807, 2.05) is 19.1 Å². The molecule has 2 aromatic rings. The SMILES string of the molecule is Cc1ccc2[nH]c(=O)n(C3CCSC3)c(=O)c2c1. The molecule has 0 spiro atoms. The zero-order chi connectivity index (χ0) is 12.7. The van der Waals surface area contributed by atoms with Gasteiger partial charge in [-0.15, -0.1) is 0 Å². The van der Waals surface area contributed by atoms with E-state index in [0.717, 1.165) is 23.5 Å². The van der Waals surface area contributed by atoms with E-state index in [9.17, 15) is 9.59 Å². The molecule has 0 aliphatic carbocycles. The van der Waals surface area contributed by atoms with Crippen molar-refractivity contribution in [2.75, 3.05) is 11.5 Å². The first-order valence-electron chi connectivity index (χ1n) is 6.00. The smallest absolute Gasteiger partial charge is 0.307 e. The van der Waals surface area contributed by atoms with E-state index in [4.69, 9.17) is 0 Å². The van der Waals surface area contributed by atoms with Crippen LogP contribution in [0.1, 0.15) is 18.0 Å².